The van der Waals surface area contributed by atoms with Crippen LogP contribution in [0.3, 0.4) is 0 Å². The minimum absolute atomic E-state index is 0.0472. The summed E-state index contributed by atoms with van der Waals surface area (Å²) < 4.78 is 5.48. The predicted octanol–water partition coefficient (Wildman–Crippen LogP) is 4.61. The van der Waals surface area contributed by atoms with Crippen LogP contribution in [0.2, 0.25) is 5.02 Å². The number of Topliss-reactive ketones (excluding diaryl/α,β-unsaturated/α-hetero) is 1. The van der Waals surface area contributed by atoms with Crippen molar-refractivity contribution in [3.63, 3.8) is 0 Å². The number of benzene rings is 1. The molecule has 104 valence electrons. The summed E-state index contributed by atoms with van der Waals surface area (Å²) >= 11 is 6.96. The van der Waals surface area contributed by atoms with Crippen molar-refractivity contribution in [2.75, 3.05) is 0 Å². The lowest BCUT2D eigenvalue weighted by atomic mass is 10.2. The molecular weight excluding hydrogens is 302 g/mol. The number of nitrogens with zero attached hydrogens (tertiary/aromatic N) is 1. The SMILES string of the molecule is CC(=O)c1cc([N+](=O)[O-])c(Oc2ccc(C)cc2Cl)s1. The van der Waals surface area contributed by atoms with Crippen LogP contribution >= 0.6 is 22.9 Å². The molecule has 0 spiro atoms. The number of thiophene rings is 1. The standard InChI is InChI=1S/C13H10ClNO4S/c1-7-3-4-11(9(14)5-7)19-13-10(15(17)18)6-12(20-13)8(2)16/h3-6H,1-2H3. The molecule has 0 bridgehead atoms. The first-order chi connectivity index (χ1) is 9.38. The molecule has 2 rings (SSSR count). The van der Waals surface area contributed by atoms with Gasteiger partial charge in [-0.25, -0.2) is 0 Å². The summed E-state index contributed by atoms with van der Waals surface area (Å²) in [6.07, 6.45) is 0. The van der Waals surface area contributed by atoms with Crippen LogP contribution in [0.5, 0.6) is 10.8 Å². The number of ketones is 1. The zero-order valence-corrected chi connectivity index (χ0v) is 12.2. The second-order valence-corrected chi connectivity index (χ2v) is 5.55. The molecule has 0 radical (unpaired) electrons. The topological polar surface area (TPSA) is 69.4 Å². The first-order valence-corrected chi connectivity index (χ1v) is 6.81. The molecular formula is C13H10ClNO4S. The maximum atomic E-state index is 11.3. The van der Waals surface area contributed by atoms with Crippen LogP contribution in [0.15, 0.2) is 24.3 Å². The summed E-state index contributed by atoms with van der Waals surface area (Å²) in [6.45, 7) is 3.22. The fraction of sp³-hybridized carbons (Fsp3) is 0.154. The summed E-state index contributed by atoms with van der Waals surface area (Å²) in [5.74, 6) is 0.0697. The first-order valence-electron chi connectivity index (χ1n) is 5.61. The first kappa shape index (κ1) is 14.5. The Morgan fingerprint density at radius 1 is 1.40 bits per heavy atom. The lowest BCUT2D eigenvalue weighted by Crippen LogP contribution is -1.90. The number of halogens is 1. The molecule has 0 unspecified atom stereocenters. The van der Waals surface area contributed by atoms with Crippen molar-refractivity contribution in [3.8, 4) is 10.8 Å². The van der Waals surface area contributed by atoms with E-state index in [1.807, 2.05) is 6.92 Å². The van der Waals surface area contributed by atoms with Gasteiger partial charge in [-0.15, -0.1) is 0 Å². The van der Waals surface area contributed by atoms with E-state index in [1.54, 1.807) is 18.2 Å². The van der Waals surface area contributed by atoms with E-state index in [1.165, 1.54) is 13.0 Å². The van der Waals surface area contributed by atoms with Gasteiger partial charge >= 0.3 is 5.69 Å². The molecule has 0 atom stereocenters. The number of nitro groups is 1. The van der Waals surface area contributed by atoms with E-state index in [0.717, 1.165) is 16.9 Å². The third kappa shape index (κ3) is 2.97. The molecule has 5 nitrogen and oxygen atoms in total. The third-order valence-electron chi connectivity index (χ3n) is 2.51. The molecule has 1 heterocycles. The lowest BCUT2D eigenvalue weighted by molar-refractivity contribution is -0.385. The monoisotopic (exact) mass is 311 g/mol. The summed E-state index contributed by atoms with van der Waals surface area (Å²) in [4.78, 5) is 22.0. The van der Waals surface area contributed by atoms with Gasteiger partial charge in [-0.1, -0.05) is 29.0 Å². The molecule has 0 aliphatic heterocycles. The number of carbonyl (C=O) groups excluding carboxylic acids is 1. The number of ether oxygens (including phenoxy) is 1. The Labute approximate surface area is 123 Å². The van der Waals surface area contributed by atoms with E-state index < -0.39 is 4.92 Å². The fourth-order valence-corrected chi connectivity index (χ4v) is 2.68. The molecule has 2 aromatic rings. The number of hydrogen-bond donors (Lipinski definition) is 0. The van der Waals surface area contributed by atoms with Crippen LogP contribution in [0.25, 0.3) is 0 Å². The molecule has 0 saturated carbocycles. The van der Waals surface area contributed by atoms with Gasteiger partial charge in [0.25, 0.3) is 5.06 Å². The maximum absolute atomic E-state index is 11.3. The van der Waals surface area contributed by atoms with Crippen molar-refractivity contribution in [2.24, 2.45) is 0 Å². The number of hydrogen-bond acceptors (Lipinski definition) is 5. The predicted molar refractivity (Wildman–Crippen MR) is 77.2 cm³/mol. The van der Waals surface area contributed by atoms with E-state index in [-0.39, 0.29) is 21.4 Å². The molecule has 0 fully saturated rings. The molecule has 0 aliphatic rings. The molecule has 0 saturated heterocycles. The van der Waals surface area contributed by atoms with Gasteiger partial charge in [-0.05, 0) is 31.5 Å². The van der Waals surface area contributed by atoms with Crippen LogP contribution in [-0.4, -0.2) is 10.7 Å². The lowest BCUT2D eigenvalue weighted by Gasteiger charge is -2.05. The van der Waals surface area contributed by atoms with Gasteiger partial charge in [0.1, 0.15) is 5.75 Å². The quantitative estimate of drug-likeness (QED) is 0.469. The van der Waals surface area contributed by atoms with E-state index in [4.69, 9.17) is 16.3 Å². The van der Waals surface area contributed by atoms with Crippen molar-refractivity contribution in [3.05, 3.63) is 49.8 Å². The average molecular weight is 312 g/mol. The second-order valence-electron chi connectivity index (χ2n) is 4.13. The third-order valence-corrected chi connectivity index (χ3v) is 3.91. The van der Waals surface area contributed by atoms with Crippen molar-refractivity contribution >= 4 is 34.4 Å². The summed E-state index contributed by atoms with van der Waals surface area (Å²) in [5.41, 5.74) is 0.712. The summed E-state index contributed by atoms with van der Waals surface area (Å²) in [5, 5.41) is 11.4. The number of carbonyl (C=O) groups is 1. The van der Waals surface area contributed by atoms with Crippen LogP contribution < -0.4 is 4.74 Å². The maximum Gasteiger partial charge on any atom is 0.323 e. The van der Waals surface area contributed by atoms with E-state index in [0.29, 0.717) is 10.8 Å². The largest absolute Gasteiger partial charge is 0.438 e. The van der Waals surface area contributed by atoms with Crippen LogP contribution in [0.1, 0.15) is 22.2 Å². The van der Waals surface area contributed by atoms with Crippen molar-refractivity contribution in [2.45, 2.75) is 13.8 Å². The minimum Gasteiger partial charge on any atom is -0.438 e. The van der Waals surface area contributed by atoms with E-state index >= 15 is 0 Å². The van der Waals surface area contributed by atoms with Crippen molar-refractivity contribution in [1.29, 1.82) is 0 Å². The highest BCUT2D eigenvalue weighted by Gasteiger charge is 2.23. The smallest absolute Gasteiger partial charge is 0.323 e. The van der Waals surface area contributed by atoms with Gasteiger partial charge in [-0.3, -0.25) is 14.9 Å². The Morgan fingerprint density at radius 3 is 2.65 bits per heavy atom. The Hall–Kier alpha value is -1.92. The highest BCUT2D eigenvalue weighted by molar-refractivity contribution is 7.16. The molecule has 20 heavy (non-hydrogen) atoms. The molecule has 1 aromatic heterocycles. The second kappa shape index (κ2) is 5.60. The summed E-state index contributed by atoms with van der Waals surface area (Å²) in [7, 11) is 0. The normalized spacial score (nSPS) is 10.3. The summed E-state index contributed by atoms with van der Waals surface area (Å²) in [6, 6.07) is 6.33. The van der Waals surface area contributed by atoms with Crippen LogP contribution in [0, 0.1) is 17.0 Å². The highest BCUT2D eigenvalue weighted by atomic mass is 35.5. The van der Waals surface area contributed by atoms with Gasteiger partial charge in [0.05, 0.1) is 14.8 Å². The van der Waals surface area contributed by atoms with Gasteiger partial charge in [0.2, 0.25) is 0 Å². The van der Waals surface area contributed by atoms with Crippen molar-refractivity contribution < 1.29 is 14.5 Å². The zero-order valence-electron chi connectivity index (χ0n) is 10.7. The fourth-order valence-electron chi connectivity index (χ4n) is 1.53. The Morgan fingerprint density at radius 2 is 2.10 bits per heavy atom. The van der Waals surface area contributed by atoms with Gasteiger partial charge in [0, 0.05) is 6.07 Å². The van der Waals surface area contributed by atoms with Gasteiger partial charge in [0.15, 0.2) is 5.78 Å². The molecule has 0 N–H and O–H groups in total. The highest BCUT2D eigenvalue weighted by Crippen LogP contribution is 2.41. The molecule has 0 amide bonds. The minimum atomic E-state index is -0.583. The van der Waals surface area contributed by atoms with Gasteiger partial charge < -0.3 is 4.74 Å². The molecule has 7 heteroatoms. The van der Waals surface area contributed by atoms with E-state index in [2.05, 4.69) is 0 Å². The Bertz CT molecular complexity index is 696. The van der Waals surface area contributed by atoms with Crippen LogP contribution in [-0.2, 0) is 0 Å². The molecule has 1 aromatic carbocycles. The Kier molecular flexibility index (Phi) is 4.06. The number of rotatable bonds is 4. The van der Waals surface area contributed by atoms with Crippen molar-refractivity contribution in [1.82, 2.24) is 0 Å². The van der Waals surface area contributed by atoms with E-state index in [9.17, 15) is 14.9 Å². The Balaban J connectivity index is 2.42. The van der Waals surface area contributed by atoms with Crippen LogP contribution in [0.4, 0.5) is 5.69 Å². The number of aryl methyl sites for hydroxylation is 1. The average Bonchev–Trinajstić information content (AvgIpc) is 2.77. The molecule has 0 aliphatic carbocycles. The van der Waals surface area contributed by atoms with Gasteiger partial charge in [-0.2, -0.15) is 0 Å². The zero-order chi connectivity index (χ0) is 14.9.